The number of sulfone groups is 1. The van der Waals surface area contributed by atoms with Gasteiger partial charge in [0.2, 0.25) is 5.91 Å². The summed E-state index contributed by atoms with van der Waals surface area (Å²) in [5, 5.41) is 0.589. The zero-order valence-corrected chi connectivity index (χ0v) is 17.1. The van der Waals surface area contributed by atoms with Crippen LogP contribution in [-0.4, -0.2) is 55.9 Å². The largest absolute Gasteiger partial charge is 0.306 e. The Morgan fingerprint density at radius 1 is 0.964 bits per heavy atom. The molecule has 0 saturated carbocycles. The normalized spacial score (nSPS) is 24.3. The number of benzene rings is 2. The molecular weight excluding hydrogens is 396 g/mol. The van der Waals surface area contributed by atoms with E-state index in [-0.39, 0.29) is 36.0 Å². The standard InChI is InChI=1S/C21H23ClN2O3S/c22-17-8-10-18(11-9-17)24-20-15-28(26,27)14-19(20)23(13-21(24)25)12-4-7-16-5-2-1-3-6-16/h1-3,5-6,8-11,19-20H,4,7,12-15H2. The summed E-state index contributed by atoms with van der Waals surface area (Å²) in [6.07, 6.45) is 1.80. The van der Waals surface area contributed by atoms with Crippen LogP contribution in [0.5, 0.6) is 0 Å². The van der Waals surface area contributed by atoms with Crippen molar-refractivity contribution in [1.29, 1.82) is 0 Å². The maximum absolute atomic E-state index is 12.9. The van der Waals surface area contributed by atoms with Crippen LogP contribution in [0.1, 0.15) is 12.0 Å². The summed E-state index contributed by atoms with van der Waals surface area (Å²) in [4.78, 5) is 16.7. The third kappa shape index (κ3) is 4.09. The maximum Gasteiger partial charge on any atom is 0.241 e. The van der Waals surface area contributed by atoms with Gasteiger partial charge in [0, 0.05) is 16.8 Å². The molecule has 0 spiro atoms. The van der Waals surface area contributed by atoms with Crippen LogP contribution >= 0.6 is 11.6 Å². The van der Waals surface area contributed by atoms with Crippen LogP contribution in [0.4, 0.5) is 5.69 Å². The van der Waals surface area contributed by atoms with Gasteiger partial charge >= 0.3 is 0 Å². The maximum atomic E-state index is 12.9. The number of aryl methyl sites for hydroxylation is 1. The molecule has 7 heteroatoms. The number of hydrogen-bond donors (Lipinski definition) is 0. The monoisotopic (exact) mass is 418 g/mol. The molecule has 2 atom stereocenters. The van der Waals surface area contributed by atoms with E-state index in [2.05, 4.69) is 17.0 Å². The molecule has 2 unspecified atom stereocenters. The third-order valence-electron chi connectivity index (χ3n) is 5.56. The molecule has 28 heavy (non-hydrogen) atoms. The van der Waals surface area contributed by atoms with E-state index < -0.39 is 9.84 Å². The van der Waals surface area contributed by atoms with Crippen molar-refractivity contribution in [3.8, 4) is 0 Å². The van der Waals surface area contributed by atoms with Crippen molar-refractivity contribution in [2.75, 3.05) is 29.5 Å². The number of hydrogen-bond acceptors (Lipinski definition) is 4. The lowest BCUT2D eigenvalue weighted by Gasteiger charge is -2.43. The molecule has 2 aliphatic rings. The second-order valence-corrected chi connectivity index (χ2v) is 10.1. The number of carbonyl (C=O) groups is 1. The molecule has 4 rings (SSSR count). The Morgan fingerprint density at radius 2 is 1.64 bits per heavy atom. The lowest BCUT2D eigenvalue weighted by molar-refractivity contribution is -0.123. The number of rotatable bonds is 5. The van der Waals surface area contributed by atoms with Crippen LogP contribution in [0.3, 0.4) is 0 Å². The number of anilines is 1. The van der Waals surface area contributed by atoms with Gasteiger partial charge in [-0.05, 0) is 49.2 Å². The molecule has 2 aromatic carbocycles. The SMILES string of the molecule is O=C1CN(CCCc2ccccc2)C2CS(=O)(=O)CC2N1c1ccc(Cl)cc1. The Morgan fingerprint density at radius 3 is 2.36 bits per heavy atom. The van der Waals surface area contributed by atoms with Gasteiger partial charge in [-0.15, -0.1) is 0 Å². The second kappa shape index (κ2) is 7.85. The molecule has 148 valence electrons. The first kappa shape index (κ1) is 19.4. The minimum atomic E-state index is -3.17. The molecule has 0 radical (unpaired) electrons. The molecule has 0 aliphatic carbocycles. The average molecular weight is 419 g/mol. The van der Waals surface area contributed by atoms with Crippen LogP contribution in [0.2, 0.25) is 5.02 Å². The Hall–Kier alpha value is -1.89. The lowest BCUT2D eigenvalue weighted by atomic mass is 10.0. The summed E-state index contributed by atoms with van der Waals surface area (Å²) in [5.41, 5.74) is 1.97. The van der Waals surface area contributed by atoms with E-state index in [0.717, 1.165) is 12.8 Å². The predicted molar refractivity (Wildman–Crippen MR) is 112 cm³/mol. The number of carbonyl (C=O) groups excluding carboxylic acids is 1. The fourth-order valence-electron chi connectivity index (χ4n) is 4.27. The number of nitrogens with zero attached hydrogens (tertiary/aromatic N) is 2. The van der Waals surface area contributed by atoms with Gasteiger partial charge in [-0.25, -0.2) is 8.42 Å². The molecule has 2 aliphatic heterocycles. The van der Waals surface area contributed by atoms with Crippen molar-refractivity contribution in [3.05, 3.63) is 65.2 Å². The van der Waals surface area contributed by atoms with Gasteiger partial charge in [0.25, 0.3) is 0 Å². The van der Waals surface area contributed by atoms with Crippen molar-refractivity contribution in [2.24, 2.45) is 0 Å². The van der Waals surface area contributed by atoms with E-state index in [9.17, 15) is 13.2 Å². The molecule has 2 fully saturated rings. The van der Waals surface area contributed by atoms with Gasteiger partial charge in [0.15, 0.2) is 9.84 Å². The van der Waals surface area contributed by atoms with E-state index in [0.29, 0.717) is 17.3 Å². The van der Waals surface area contributed by atoms with E-state index in [1.165, 1.54) is 5.56 Å². The molecule has 0 aromatic heterocycles. The van der Waals surface area contributed by atoms with Gasteiger partial charge in [0.1, 0.15) is 0 Å². The van der Waals surface area contributed by atoms with Crippen LogP contribution in [-0.2, 0) is 21.1 Å². The van der Waals surface area contributed by atoms with E-state index in [4.69, 9.17) is 11.6 Å². The highest BCUT2D eigenvalue weighted by Gasteiger charge is 2.49. The van der Waals surface area contributed by atoms with Gasteiger partial charge in [0.05, 0.1) is 24.1 Å². The lowest BCUT2D eigenvalue weighted by Crippen LogP contribution is -2.62. The summed E-state index contributed by atoms with van der Waals surface area (Å²) < 4.78 is 24.8. The molecule has 2 saturated heterocycles. The van der Waals surface area contributed by atoms with Crippen LogP contribution in [0.15, 0.2) is 54.6 Å². The van der Waals surface area contributed by atoms with Gasteiger partial charge < -0.3 is 4.90 Å². The Balaban J connectivity index is 1.52. The van der Waals surface area contributed by atoms with Gasteiger partial charge in [-0.1, -0.05) is 41.9 Å². The van der Waals surface area contributed by atoms with Crippen LogP contribution < -0.4 is 4.90 Å². The zero-order valence-electron chi connectivity index (χ0n) is 15.5. The predicted octanol–water partition coefficient (Wildman–Crippen LogP) is 2.79. The summed E-state index contributed by atoms with van der Waals surface area (Å²) in [7, 11) is -3.17. The average Bonchev–Trinajstić information content (AvgIpc) is 2.99. The Bertz CT molecular complexity index is 947. The van der Waals surface area contributed by atoms with E-state index in [1.54, 1.807) is 29.2 Å². The van der Waals surface area contributed by atoms with Crippen LogP contribution in [0.25, 0.3) is 0 Å². The topological polar surface area (TPSA) is 57.7 Å². The first-order valence-electron chi connectivity index (χ1n) is 9.49. The zero-order chi connectivity index (χ0) is 19.7. The van der Waals surface area contributed by atoms with Crippen molar-refractivity contribution >= 4 is 33.0 Å². The van der Waals surface area contributed by atoms with Crippen LogP contribution in [0, 0.1) is 0 Å². The molecule has 0 bridgehead atoms. The molecule has 5 nitrogen and oxygen atoms in total. The minimum absolute atomic E-state index is 0.0151. The number of fused-ring (bicyclic) bond motifs is 1. The molecule has 1 amide bonds. The van der Waals surface area contributed by atoms with E-state index in [1.807, 2.05) is 18.2 Å². The Kier molecular flexibility index (Phi) is 5.45. The third-order valence-corrected chi connectivity index (χ3v) is 7.51. The highest BCUT2D eigenvalue weighted by Crippen LogP contribution is 2.32. The number of amides is 1. The number of halogens is 1. The molecule has 0 N–H and O–H groups in total. The van der Waals surface area contributed by atoms with Gasteiger partial charge in [-0.3, -0.25) is 9.69 Å². The summed E-state index contributed by atoms with van der Waals surface area (Å²) in [6, 6.07) is 16.7. The van der Waals surface area contributed by atoms with Gasteiger partial charge in [-0.2, -0.15) is 0 Å². The van der Waals surface area contributed by atoms with Crippen molar-refractivity contribution in [3.63, 3.8) is 0 Å². The molecule has 2 heterocycles. The first-order valence-corrected chi connectivity index (χ1v) is 11.7. The molecule has 2 aromatic rings. The smallest absolute Gasteiger partial charge is 0.241 e. The van der Waals surface area contributed by atoms with E-state index >= 15 is 0 Å². The minimum Gasteiger partial charge on any atom is -0.306 e. The highest BCUT2D eigenvalue weighted by atomic mass is 35.5. The fraction of sp³-hybridized carbons (Fsp3) is 0.381. The number of piperazine rings is 1. The fourth-order valence-corrected chi connectivity index (χ4v) is 6.38. The summed E-state index contributed by atoms with van der Waals surface area (Å²) >= 11 is 5.97. The molecular formula is C21H23ClN2O3S. The van der Waals surface area contributed by atoms with Crippen molar-refractivity contribution in [1.82, 2.24) is 4.90 Å². The van der Waals surface area contributed by atoms with Crippen molar-refractivity contribution in [2.45, 2.75) is 24.9 Å². The quantitative estimate of drug-likeness (QED) is 0.749. The highest BCUT2D eigenvalue weighted by molar-refractivity contribution is 7.91. The first-order chi connectivity index (χ1) is 13.4. The van der Waals surface area contributed by atoms with Crippen molar-refractivity contribution < 1.29 is 13.2 Å². The second-order valence-electron chi connectivity index (χ2n) is 7.51. The Labute approximate surface area is 170 Å². The summed E-state index contributed by atoms with van der Waals surface area (Å²) in [5.74, 6) is 0.0714. The summed E-state index contributed by atoms with van der Waals surface area (Å²) in [6.45, 7) is 0.958.